The molecule has 4 rings (SSSR count). The van der Waals surface area contributed by atoms with Crippen LogP contribution in [0.2, 0.25) is 0 Å². The summed E-state index contributed by atoms with van der Waals surface area (Å²) in [4.78, 5) is 50.9. The molecule has 0 aromatic heterocycles. The van der Waals surface area contributed by atoms with Crippen LogP contribution in [0.1, 0.15) is 34.3 Å². The van der Waals surface area contributed by atoms with Crippen LogP contribution in [0.25, 0.3) is 0 Å². The summed E-state index contributed by atoms with van der Waals surface area (Å²) in [6, 6.07) is 25.6. The van der Waals surface area contributed by atoms with E-state index in [2.05, 4.69) is 5.43 Å². The second-order valence-corrected chi connectivity index (χ2v) is 8.42. The summed E-state index contributed by atoms with van der Waals surface area (Å²) in [6.45, 7) is 0.511. The van der Waals surface area contributed by atoms with E-state index in [1.54, 1.807) is 17.0 Å². The fourth-order valence-electron chi connectivity index (χ4n) is 3.84. The Morgan fingerprint density at radius 3 is 2.14 bits per heavy atom. The lowest BCUT2D eigenvalue weighted by Gasteiger charge is -2.27. The van der Waals surface area contributed by atoms with Gasteiger partial charge in [0, 0.05) is 25.9 Å². The van der Waals surface area contributed by atoms with Gasteiger partial charge >= 0.3 is 5.97 Å². The Morgan fingerprint density at radius 1 is 0.833 bits per heavy atom. The van der Waals surface area contributed by atoms with Gasteiger partial charge in [-0.2, -0.15) is 0 Å². The zero-order valence-electron chi connectivity index (χ0n) is 19.8. The summed E-state index contributed by atoms with van der Waals surface area (Å²) in [7, 11) is 0. The molecule has 0 radical (unpaired) electrons. The van der Waals surface area contributed by atoms with Crippen molar-refractivity contribution in [1.82, 2.24) is 10.3 Å². The smallest absolute Gasteiger partial charge is 0.338 e. The van der Waals surface area contributed by atoms with Gasteiger partial charge < -0.3 is 9.64 Å². The van der Waals surface area contributed by atoms with Gasteiger partial charge in [-0.05, 0) is 41.8 Å². The van der Waals surface area contributed by atoms with Crippen LogP contribution in [0.5, 0.6) is 0 Å². The van der Waals surface area contributed by atoms with Crippen LogP contribution in [0.4, 0.5) is 5.69 Å². The number of rotatable bonds is 9. The number of esters is 1. The minimum Gasteiger partial charge on any atom is -0.452 e. The molecule has 3 amide bonds. The molecular weight excluding hydrogens is 458 g/mol. The number of carbonyl (C=O) groups excluding carboxylic acids is 4. The van der Waals surface area contributed by atoms with Crippen LogP contribution in [-0.4, -0.2) is 41.7 Å². The average Bonchev–Trinajstić information content (AvgIpc) is 2.92. The summed E-state index contributed by atoms with van der Waals surface area (Å²) in [5, 5.41) is 1.17. The number of hydrogen-bond acceptors (Lipinski definition) is 5. The minimum absolute atomic E-state index is 0.126. The standard InChI is InChI=1S/C28H27N3O5/c32-25-15-16-26(33)31(29-25)24-13-11-23(12-14-24)28(35)36-20-27(34)30(19-22-9-5-2-6-10-22)18-17-21-7-3-1-4-8-21/h1-14H,15-20H2,(H,29,32). The molecule has 1 N–H and O–H groups in total. The number of amides is 3. The molecule has 1 heterocycles. The maximum absolute atomic E-state index is 13.0. The lowest BCUT2D eigenvalue weighted by molar-refractivity contribution is -0.135. The highest BCUT2D eigenvalue weighted by Gasteiger charge is 2.24. The van der Waals surface area contributed by atoms with Gasteiger partial charge in [0.2, 0.25) is 11.8 Å². The van der Waals surface area contributed by atoms with Gasteiger partial charge in [-0.15, -0.1) is 0 Å². The van der Waals surface area contributed by atoms with E-state index in [-0.39, 0.29) is 42.7 Å². The Labute approximate surface area is 209 Å². The number of hydrazine groups is 1. The number of ether oxygens (including phenoxy) is 1. The Balaban J connectivity index is 1.36. The van der Waals surface area contributed by atoms with E-state index in [9.17, 15) is 19.2 Å². The first kappa shape index (κ1) is 24.7. The van der Waals surface area contributed by atoms with Crippen molar-refractivity contribution < 1.29 is 23.9 Å². The van der Waals surface area contributed by atoms with Gasteiger partial charge in [0.05, 0.1) is 11.3 Å². The molecule has 1 aliphatic rings. The molecule has 3 aromatic rings. The van der Waals surface area contributed by atoms with Crippen molar-refractivity contribution >= 4 is 29.4 Å². The van der Waals surface area contributed by atoms with E-state index >= 15 is 0 Å². The van der Waals surface area contributed by atoms with E-state index < -0.39 is 5.97 Å². The fourth-order valence-corrected chi connectivity index (χ4v) is 3.84. The number of nitrogens with one attached hydrogen (secondary N) is 1. The number of anilines is 1. The van der Waals surface area contributed by atoms with Gasteiger partial charge in [0.25, 0.3) is 5.91 Å². The predicted octanol–water partition coefficient (Wildman–Crippen LogP) is 3.27. The second kappa shape index (κ2) is 11.8. The quantitative estimate of drug-likeness (QED) is 0.470. The van der Waals surface area contributed by atoms with Crippen LogP contribution < -0.4 is 10.4 Å². The minimum atomic E-state index is -0.647. The molecule has 0 unspecified atom stereocenters. The zero-order chi connectivity index (χ0) is 25.3. The highest BCUT2D eigenvalue weighted by Crippen LogP contribution is 2.18. The first-order chi connectivity index (χ1) is 17.5. The molecule has 8 nitrogen and oxygen atoms in total. The largest absolute Gasteiger partial charge is 0.452 e. The number of carbonyl (C=O) groups is 4. The molecule has 0 bridgehead atoms. The summed E-state index contributed by atoms with van der Waals surface area (Å²) in [5.74, 6) is -1.42. The lowest BCUT2D eigenvalue weighted by atomic mass is 10.1. The number of nitrogens with zero attached hydrogens (tertiary/aromatic N) is 2. The molecule has 1 saturated heterocycles. The van der Waals surface area contributed by atoms with Crippen molar-refractivity contribution in [2.45, 2.75) is 25.8 Å². The molecular formula is C28H27N3O5. The normalized spacial score (nSPS) is 13.2. The van der Waals surface area contributed by atoms with Crippen LogP contribution >= 0.6 is 0 Å². The predicted molar refractivity (Wildman–Crippen MR) is 134 cm³/mol. The molecule has 0 spiro atoms. The van der Waals surface area contributed by atoms with Gasteiger partial charge in [-0.25, -0.2) is 9.80 Å². The van der Waals surface area contributed by atoms with Crippen molar-refractivity contribution in [1.29, 1.82) is 0 Å². The van der Waals surface area contributed by atoms with E-state index in [0.717, 1.165) is 11.1 Å². The van der Waals surface area contributed by atoms with E-state index in [1.807, 2.05) is 60.7 Å². The molecule has 0 aliphatic carbocycles. The lowest BCUT2D eigenvalue weighted by Crippen LogP contribution is -2.50. The van der Waals surface area contributed by atoms with E-state index in [0.29, 0.717) is 25.2 Å². The van der Waals surface area contributed by atoms with Crippen LogP contribution in [-0.2, 0) is 32.1 Å². The van der Waals surface area contributed by atoms with Gasteiger partial charge in [0.1, 0.15) is 0 Å². The Bertz CT molecular complexity index is 1210. The van der Waals surface area contributed by atoms with E-state index in [4.69, 9.17) is 4.74 Å². The molecule has 1 aliphatic heterocycles. The van der Waals surface area contributed by atoms with Crippen molar-refractivity contribution in [2.75, 3.05) is 18.2 Å². The Morgan fingerprint density at radius 2 is 1.47 bits per heavy atom. The topological polar surface area (TPSA) is 96.0 Å². The highest BCUT2D eigenvalue weighted by molar-refractivity contribution is 6.01. The Kier molecular flexibility index (Phi) is 8.08. The first-order valence-corrected chi connectivity index (χ1v) is 11.7. The van der Waals surface area contributed by atoms with Crippen molar-refractivity contribution in [3.63, 3.8) is 0 Å². The number of benzene rings is 3. The summed E-state index contributed by atoms with van der Waals surface area (Å²) >= 11 is 0. The summed E-state index contributed by atoms with van der Waals surface area (Å²) < 4.78 is 5.30. The van der Waals surface area contributed by atoms with Crippen molar-refractivity contribution in [3.05, 3.63) is 102 Å². The van der Waals surface area contributed by atoms with Crippen LogP contribution in [0, 0.1) is 0 Å². The van der Waals surface area contributed by atoms with Crippen molar-refractivity contribution in [2.24, 2.45) is 0 Å². The molecule has 184 valence electrons. The van der Waals surface area contributed by atoms with E-state index in [1.165, 1.54) is 17.1 Å². The molecule has 1 fully saturated rings. The Hall–Kier alpha value is -4.46. The third-order valence-corrected chi connectivity index (χ3v) is 5.82. The molecule has 8 heteroatoms. The van der Waals surface area contributed by atoms with Crippen LogP contribution in [0.15, 0.2) is 84.9 Å². The van der Waals surface area contributed by atoms with Gasteiger partial charge in [-0.3, -0.25) is 19.8 Å². The van der Waals surface area contributed by atoms with Gasteiger partial charge in [0.15, 0.2) is 6.61 Å². The maximum Gasteiger partial charge on any atom is 0.338 e. The zero-order valence-corrected chi connectivity index (χ0v) is 19.8. The summed E-state index contributed by atoms with van der Waals surface area (Å²) in [6.07, 6.45) is 0.961. The van der Waals surface area contributed by atoms with Crippen LogP contribution in [0.3, 0.4) is 0 Å². The SMILES string of the molecule is O=C1CCC(=O)N(c2ccc(C(=O)OCC(=O)N(CCc3ccccc3)Cc3ccccc3)cc2)N1. The third-order valence-electron chi connectivity index (χ3n) is 5.82. The van der Waals surface area contributed by atoms with Crippen molar-refractivity contribution in [3.8, 4) is 0 Å². The molecule has 3 aromatic carbocycles. The maximum atomic E-state index is 13.0. The molecule has 36 heavy (non-hydrogen) atoms. The van der Waals surface area contributed by atoms with Gasteiger partial charge in [-0.1, -0.05) is 60.7 Å². The third kappa shape index (κ3) is 6.56. The fraction of sp³-hybridized carbons (Fsp3) is 0.214. The molecule has 0 saturated carbocycles. The highest BCUT2D eigenvalue weighted by atomic mass is 16.5. The monoisotopic (exact) mass is 485 g/mol. The second-order valence-electron chi connectivity index (χ2n) is 8.42. The molecule has 0 atom stereocenters. The average molecular weight is 486 g/mol. The number of hydrogen-bond donors (Lipinski definition) is 1. The first-order valence-electron chi connectivity index (χ1n) is 11.7. The summed E-state index contributed by atoms with van der Waals surface area (Å²) in [5.41, 5.74) is 5.28.